The van der Waals surface area contributed by atoms with E-state index in [0.717, 1.165) is 24.7 Å². The van der Waals surface area contributed by atoms with Gasteiger partial charge in [0.05, 0.1) is 5.69 Å². The molecule has 0 aliphatic rings. The maximum absolute atomic E-state index is 4.43. The predicted molar refractivity (Wildman–Crippen MR) is 68.6 cm³/mol. The highest BCUT2D eigenvalue weighted by atomic mass is 15.3. The molecule has 16 heavy (non-hydrogen) atoms. The standard InChI is InChI=1S/C13H25N3/c1-11(2)10-14-8-5-6-13(4)16-9-7-12(3)15-16/h7,9,11,13-14H,5-6,8,10H2,1-4H3. The zero-order valence-electron chi connectivity index (χ0n) is 11.0. The lowest BCUT2D eigenvalue weighted by atomic mass is 10.2. The van der Waals surface area contributed by atoms with Crippen LogP contribution in [0.4, 0.5) is 0 Å². The van der Waals surface area contributed by atoms with E-state index >= 15 is 0 Å². The summed E-state index contributed by atoms with van der Waals surface area (Å²) in [6.45, 7) is 11.0. The minimum atomic E-state index is 0.509. The van der Waals surface area contributed by atoms with Crippen molar-refractivity contribution in [3.8, 4) is 0 Å². The average molecular weight is 223 g/mol. The SMILES string of the molecule is Cc1ccn(C(C)CCCNCC(C)C)n1. The van der Waals surface area contributed by atoms with Crippen LogP contribution in [0.2, 0.25) is 0 Å². The van der Waals surface area contributed by atoms with E-state index in [1.54, 1.807) is 0 Å². The largest absolute Gasteiger partial charge is 0.316 e. The average Bonchev–Trinajstić information content (AvgIpc) is 2.63. The maximum Gasteiger partial charge on any atom is 0.0593 e. The highest BCUT2D eigenvalue weighted by Crippen LogP contribution is 2.11. The van der Waals surface area contributed by atoms with Gasteiger partial charge < -0.3 is 5.32 Å². The van der Waals surface area contributed by atoms with E-state index in [-0.39, 0.29) is 0 Å². The molecule has 0 fully saturated rings. The molecule has 0 amide bonds. The van der Waals surface area contributed by atoms with Gasteiger partial charge in [0.2, 0.25) is 0 Å². The molecule has 0 aliphatic heterocycles. The van der Waals surface area contributed by atoms with E-state index in [2.05, 4.69) is 48.1 Å². The van der Waals surface area contributed by atoms with Crippen molar-refractivity contribution in [2.24, 2.45) is 5.92 Å². The Morgan fingerprint density at radius 3 is 2.69 bits per heavy atom. The molecule has 0 radical (unpaired) electrons. The molecule has 1 aromatic heterocycles. The number of aryl methyl sites for hydroxylation is 1. The first-order valence-electron chi connectivity index (χ1n) is 6.32. The van der Waals surface area contributed by atoms with E-state index in [1.165, 1.54) is 12.8 Å². The Bertz CT molecular complexity index is 291. The third-order valence-electron chi connectivity index (χ3n) is 2.72. The number of nitrogens with zero attached hydrogens (tertiary/aromatic N) is 2. The Hall–Kier alpha value is -0.830. The molecule has 0 spiro atoms. The molecule has 1 aromatic rings. The summed E-state index contributed by atoms with van der Waals surface area (Å²) in [5.41, 5.74) is 1.10. The Balaban J connectivity index is 2.13. The lowest BCUT2D eigenvalue weighted by Crippen LogP contribution is -2.21. The van der Waals surface area contributed by atoms with Crippen LogP contribution in [-0.2, 0) is 0 Å². The van der Waals surface area contributed by atoms with Crippen molar-refractivity contribution in [1.82, 2.24) is 15.1 Å². The molecule has 3 heteroatoms. The summed E-state index contributed by atoms with van der Waals surface area (Å²) in [5.74, 6) is 0.742. The third kappa shape index (κ3) is 4.79. The lowest BCUT2D eigenvalue weighted by Gasteiger charge is -2.12. The molecule has 0 aliphatic carbocycles. The van der Waals surface area contributed by atoms with Crippen LogP contribution in [0.15, 0.2) is 12.3 Å². The molecule has 0 aromatic carbocycles. The first kappa shape index (κ1) is 13.2. The Morgan fingerprint density at radius 2 is 2.12 bits per heavy atom. The van der Waals surface area contributed by atoms with Crippen molar-refractivity contribution in [2.45, 2.75) is 46.6 Å². The van der Waals surface area contributed by atoms with Crippen molar-refractivity contribution in [3.63, 3.8) is 0 Å². The second-order valence-electron chi connectivity index (χ2n) is 5.03. The van der Waals surface area contributed by atoms with Crippen LogP contribution < -0.4 is 5.32 Å². The fourth-order valence-corrected chi connectivity index (χ4v) is 1.72. The minimum Gasteiger partial charge on any atom is -0.316 e. The lowest BCUT2D eigenvalue weighted by molar-refractivity contribution is 0.431. The predicted octanol–water partition coefficient (Wildman–Crippen LogP) is 2.78. The van der Waals surface area contributed by atoms with Gasteiger partial charge in [-0.2, -0.15) is 5.10 Å². The monoisotopic (exact) mass is 223 g/mol. The van der Waals surface area contributed by atoms with Crippen molar-refractivity contribution in [1.29, 1.82) is 0 Å². The van der Waals surface area contributed by atoms with E-state index in [0.29, 0.717) is 6.04 Å². The number of aromatic nitrogens is 2. The number of hydrogen-bond donors (Lipinski definition) is 1. The Morgan fingerprint density at radius 1 is 1.38 bits per heavy atom. The summed E-state index contributed by atoms with van der Waals surface area (Å²) < 4.78 is 2.07. The smallest absolute Gasteiger partial charge is 0.0593 e. The Labute approximate surface area is 99.2 Å². The molecular weight excluding hydrogens is 198 g/mol. The number of hydrogen-bond acceptors (Lipinski definition) is 2. The fraction of sp³-hybridized carbons (Fsp3) is 0.769. The van der Waals surface area contributed by atoms with Crippen LogP contribution in [0.1, 0.15) is 45.3 Å². The van der Waals surface area contributed by atoms with Crippen LogP contribution in [0, 0.1) is 12.8 Å². The molecule has 1 unspecified atom stereocenters. The summed E-state index contributed by atoms with van der Waals surface area (Å²) in [6.07, 6.45) is 4.47. The van der Waals surface area contributed by atoms with Crippen LogP contribution in [0.25, 0.3) is 0 Å². The van der Waals surface area contributed by atoms with Gasteiger partial charge in [-0.3, -0.25) is 4.68 Å². The van der Waals surface area contributed by atoms with Crippen molar-refractivity contribution >= 4 is 0 Å². The molecule has 1 N–H and O–H groups in total. The normalized spacial score (nSPS) is 13.3. The summed E-state index contributed by atoms with van der Waals surface area (Å²) >= 11 is 0. The van der Waals surface area contributed by atoms with Crippen molar-refractivity contribution in [2.75, 3.05) is 13.1 Å². The molecule has 0 saturated carbocycles. The summed E-state index contributed by atoms with van der Waals surface area (Å²) in [4.78, 5) is 0. The maximum atomic E-state index is 4.43. The van der Waals surface area contributed by atoms with Crippen molar-refractivity contribution < 1.29 is 0 Å². The van der Waals surface area contributed by atoms with Gasteiger partial charge in [0.25, 0.3) is 0 Å². The van der Waals surface area contributed by atoms with Crippen molar-refractivity contribution in [3.05, 3.63) is 18.0 Å². The van der Waals surface area contributed by atoms with E-state index in [4.69, 9.17) is 0 Å². The quantitative estimate of drug-likeness (QED) is 0.720. The van der Waals surface area contributed by atoms with E-state index in [1.807, 2.05) is 6.92 Å². The van der Waals surface area contributed by atoms with Gasteiger partial charge >= 0.3 is 0 Å². The van der Waals surface area contributed by atoms with Gasteiger partial charge in [-0.05, 0) is 51.8 Å². The number of rotatable bonds is 7. The van der Waals surface area contributed by atoms with Crippen LogP contribution in [0.5, 0.6) is 0 Å². The van der Waals surface area contributed by atoms with Gasteiger partial charge in [0, 0.05) is 12.2 Å². The summed E-state index contributed by atoms with van der Waals surface area (Å²) in [7, 11) is 0. The molecule has 92 valence electrons. The Kier molecular flexibility index (Phi) is 5.53. The topological polar surface area (TPSA) is 29.9 Å². The van der Waals surface area contributed by atoms with Gasteiger partial charge in [-0.25, -0.2) is 0 Å². The summed E-state index contributed by atoms with van der Waals surface area (Å²) in [6, 6.07) is 2.57. The highest BCUT2D eigenvalue weighted by Gasteiger charge is 2.04. The molecular formula is C13H25N3. The first-order chi connectivity index (χ1) is 7.59. The molecule has 0 bridgehead atoms. The van der Waals surface area contributed by atoms with E-state index < -0.39 is 0 Å². The van der Waals surface area contributed by atoms with Gasteiger partial charge in [-0.1, -0.05) is 13.8 Å². The third-order valence-corrected chi connectivity index (χ3v) is 2.72. The highest BCUT2D eigenvalue weighted by molar-refractivity contribution is 4.95. The van der Waals surface area contributed by atoms with Crippen LogP contribution in [-0.4, -0.2) is 22.9 Å². The second-order valence-corrected chi connectivity index (χ2v) is 5.03. The summed E-state index contributed by atoms with van der Waals surface area (Å²) in [5, 5.41) is 7.90. The van der Waals surface area contributed by atoms with Crippen LogP contribution in [0.3, 0.4) is 0 Å². The van der Waals surface area contributed by atoms with Crippen LogP contribution >= 0.6 is 0 Å². The molecule has 1 rings (SSSR count). The fourth-order valence-electron chi connectivity index (χ4n) is 1.72. The van der Waals surface area contributed by atoms with E-state index in [9.17, 15) is 0 Å². The second kappa shape index (κ2) is 6.69. The zero-order chi connectivity index (χ0) is 12.0. The van der Waals surface area contributed by atoms with Gasteiger partial charge in [0.1, 0.15) is 0 Å². The van der Waals surface area contributed by atoms with Gasteiger partial charge in [-0.15, -0.1) is 0 Å². The first-order valence-corrected chi connectivity index (χ1v) is 6.32. The zero-order valence-corrected chi connectivity index (χ0v) is 11.0. The molecule has 1 heterocycles. The molecule has 3 nitrogen and oxygen atoms in total. The molecule has 1 atom stereocenters. The van der Waals surface area contributed by atoms with Gasteiger partial charge in [0.15, 0.2) is 0 Å². The number of nitrogens with one attached hydrogen (secondary N) is 1. The minimum absolute atomic E-state index is 0.509. The molecule has 0 saturated heterocycles.